The van der Waals surface area contributed by atoms with Crippen LogP contribution in [-0.4, -0.2) is 33.1 Å². The van der Waals surface area contributed by atoms with Crippen LogP contribution in [0.15, 0.2) is 28.8 Å². The second-order valence-corrected chi connectivity index (χ2v) is 4.78. The summed E-state index contributed by atoms with van der Waals surface area (Å²) in [6, 6.07) is 7.07. The van der Waals surface area contributed by atoms with E-state index >= 15 is 0 Å². The molecule has 1 rings (SSSR count). The van der Waals surface area contributed by atoms with E-state index in [4.69, 9.17) is 14.2 Å². The normalized spacial score (nSPS) is 11.0. The largest absolute Gasteiger partial charge is 0.497 e. The Labute approximate surface area is 134 Å². The van der Waals surface area contributed by atoms with E-state index in [1.165, 1.54) is 11.8 Å². The van der Waals surface area contributed by atoms with Crippen LogP contribution in [0.2, 0.25) is 0 Å². The Bertz CT molecular complexity index is 586. The number of thioether (sulfide) groups is 1. The molecule has 22 heavy (non-hydrogen) atoms. The van der Waals surface area contributed by atoms with Crippen molar-refractivity contribution in [2.75, 3.05) is 32.4 Å². The Kier molecular flexibility index (Phi) is 7.13. The van der Waals surface area contributed by atoms with Crippen LogP contribution in [0.25, 0.3) is 0 Å². The van der Waals surface area contributed by atoms with Crippen LogP contribution in [0.5, 0.6) is 11.5 Å². The van der Waals surface area contributed by atoms with Crippen molar-refractivity contribution < 1.29 is 19.0 Å². The number of nitriles is 1. The number of nitrogens with zero attached hydrogens (tertiary/aromatic N) is 1. The summed E-state index contributed by atoms with van der Waals surface area (Å²) in [6.45, 7) is 1.89. The highest BCUT2D eigenvalue weighted by Gasteiger charge is 2.17. The van der Waals surface area contributed by atoms with Gasteiger partial charge in [0.1, 0.15) is 17.6 Å². The Morgan fingerprint density at radius 1 is 1.27 bits per heavy atom. The maximum Gasteiger partial charge on any atom is 0.351 e. The van der Waals surface area contributed by atoms with Gasteiger partial charge in [0.25, 0.3) is 0 Å². The first kappa shape index (κ1) is 17.7. The van der Waals surface area contributed by atoms with Crippen LogP contribution >= 0.6 is 11.8 Å². The molecule has 0 spiro atoms. The first-order valence-corrected chi connectivity index (χ1v) is 7.67. The summed E-state index contributed by atoms with van der Waals surface area (Å²) in [4.78, 5) is 11.8. The highest BCUT2D eigenvalue weighted by Crippen LogP contribution is 2.29. The van der Waals surface area contributed by atoms with Gasteiger partial charge in [-0.1, -0.05) is 0 Å². The fraction of sp³-hybridized carbons (Fsp3) is 0.333. The summed E-state index contributed by atoms with van der Waals surface area (Å²) in [5, 5.41) is 12.6. The summed E-state index contributed by atoms with van der Waals surface area (Å²) < 4.78 is 15.3. The van der Waals surface area contributed by atoms with Crippen molar-refractivity contribution in [1.29, 1.82) is 5.26 Å². The number of hydrogen-bond donors (Lipinski definition) is 1. The van der Waals surface area contributed by atoms with Crippen molar-refractivity contribution in [2.45, 2.75) is 6.92 Å². The maximum absolute atomic E-state index is 11.8. The van der Waals surface area contributed by atoms with Gasteiger partial charge < -0.3 is 19.5 Å². The number of ether oxygens (including phenoxy) is 3. The maximum atomic E-state index is 11.8. The molecule has 0 fully saturated rings. The van der Waals surface area contributed by atoms with Crippen molar-refractivity contribution in [1.82, 2.24) is 0 Å². The van der Waals surface area contributed by atoms with Crippen LogP contribution in [-0.2, 0) is 9.53 Å². The van der Waals surface area contributed by atoms with E-state index in [1.807, 2.05) is 6.07 Å². The Morgan fingerprint density at radius 3 is 2.27 bits per heavy atom. The average molecular weight is 322 g/mol. The van der Waals surface area contributed by atoms with Gasteiger partial charge in [0.15, 0.2) is 5.57 Å². The third-order valence-electron chi connectivity index (χ3n) is 2.63. The smallest absolute Gasteiger partial charge is 0.351 e. The van der Waals surface area contributed by atoms with Gasteiger partial charge in [-0.3, -0.25) is 0 Å². The summed E-state index contributed by atoms with van der Waals surface area (Å²) in [7, 11) is 3.09. The fourth-order valence-electron chi connectivity index (χ4n) is 1.62. The minimum absolute atomic E-state index is 0.0730. The molecule has 0 aliphatic heterocycles. The topological polar surface area (TPSA) is 80.6 Å². The SMILES string of the molecule is CCOC(=O)C(C#N)=C(Nc1cc(OC)cc(OC)c1)SC. The zero-order valence-electron chi connectivity index (χ0n) is 12.9. The van der Waals surface area contributed by atoms with Crippen LogP contribution in [0.1, 0.15) is 6.92 Å². The van der Waals surface area contributed by atoms with Gasteiger partial charge in [-0.25, -0.2) is 4.79 Å². The first-order chi connectivity index (χ1) is 10.6. The second-order valence-electron chi connectivity index (χ2n) is 3.97. The number of nitrogens with one attached hydrogen (secondary N) is 1. The Balaban J connectivity index is 3.17. The standard InChI is InChI=1S/C15H18N2O4S/c1-5-21-15(18)13(9-16)14(22-4)17-10-6-11(19-2)8-12(7-10)20-3/h6-8,17H,5H2,1-4H3. The highest BCUT2D eigenvalue weighted by atomic mass is 32.2. The number of rotatable bonds is 7. The van der Waals surface area contributed by atoms with Gasteiger partial charge in [0.05, 0.1) is 25.9 Å². The molecular formula is C15H18N2O4S. The molecule has 7 heteroatoms. The van der Waals surface area contributed by atoms with Crippen molar-refractivity contribution in [3.63, 3.8) is 0 Å². The van der Waals surface area contributed by atoms with E-state index < -0.39 is 5.97 Å². The molecule has 1 aromatic carbocycles. The highest BCUT2D eigenvalue weighted by molar-refractivity contribution is 8.02. The van der Waals surface area contributed by atoms with Crippen LogP contribution in [0, 0.1) is 11.3 Å². The molecule has 6 nitrogen and oxygen atoms in total. The van der Waals surface area contributed by atoms with E-state index in [2.05, 4.69) is 5.32 Å². The van der Waals surface area contributed by atoms with Gasteiger partial charge >= 0.3 is 5.97 Å². The number of methoxy groups -OCH3 is 2. The van der Waals surface area contributed by atoms with Gasteiger partial charge in [-0.15, -0.1) is 11.8 Å². The Morgan fingerprint density at radius 2 is 1.86 bits per heavy atom. The fourth-order valence-corrected chi connectivity index (χ4v) is 2.17. The lowest BCUT2D eigenvalue weighted by molar-refractivity contribution is -0.138. The molecule has 0 bridgehead atoms. The number of carbonyl (C=O) groups excluding carboxylic acids is 1. The predicted octanol–water partition coefficient (Wildman–Crippen LogP) is 2.78. The molecule has 0 radical (unpaired) electrons. The number of hydrogen-bond acceptors (Lipinski definition) is 7. The number of benzene rings is 1. The monoisotopic (exact) mass is 322 g/mol. The third kappa shape index (κ3) is 4.60. The molecule has 0 heterocycles. The van der Waals surface area contributed by atoms with Crippen LogP contribution < -0.4 is 14.8 Å². The van der Waals surface area contributed by atoms with Crippen molar-refractivity contribution in [3.05, 3.63) is 28.8 Å². The zero-order chi connectivity index (χ0) is 16.5. The van der Waals surface area contributed by atoms with Crippen molar-refractivity contribution in [2.24, 2.45) is 0 Å². The molecule has 1 aromatic rings. The van der Waals surface area contributed by atoms with E-state index in [0.29, 0.717) is 22.2 Å². The van der Waals surface area contributed by atoms with E-state index in [9.17, 15) is 10.1 Å². The molecule has 0 aromatic heterocycles. The van der Waals surface area contributed by atoms with E-state index in [1.54, 1.807) is 45.6 Å². The lowest BCUT2D eigenvalue weighted by atomic mass is 10.2. The molecule has 118 valence electrons. The predicted molar refractivity (Wildman–Crippen MR) is 86.0 cm³/mol. The minimum Gasteiger partial charge on any atom is -0.497 e. The lowest BCUT2D eigenvalue weighted by Gasteiger charge is -2.13. The average Bonchev–Trinajstić information content (AvgIpc) is 2.54. The molecule has 0 amide bonds. The van der Waals surface area contributed by atoms with Gasteiger partial charge in [0, 0.05) is 23.9 Å². The lowest BCUT2D eigenvalue weighted by Crippen LogP contribution is -2.11. The van der Waals surface area contributed by atoms with E-state index in [-0.39, 0.29) is 12.2 Å². The molecule has 0 atom stereocenters. The van der Waals surface area contributed by atoms with Crippen LogP contribution in [0.3, 0.4) is 0 Å². The first-order valence-electron chi connectivity index (χ1n) is 6.45. The zero-order valence-corrected chi connectivity index (χ0v) is 13.7. The molecule has 0 unspecified atom stereocenters. The number of carbonyl (C=O) groups is 1. The number of esters is 1. The minimum atomic E-state index is -0.656. The van der Waals surface area contributed by atoms with Gasteiger partial charge in [-0.05, 0) is 13.2 Å². The van der Waals surface area contributed by atoms with Crippen LogP contribution in [0.4, 0.5) is 5.69 Å². The van der Waals surface area contributed by atoms with E-state index in [0.717, 1.165) is 0 Å². The Hall–Kier alpha value is -2.33. The quantitative estimate of drug-likeness (QED) is 0.469. The van der Waals surface area contributed by atoms with Crippen molar-refractivity contribution >= 4 is 23.4 Å². The number of anilines is 1. The summed E-state index contributed by atoms with van der Waals surface area (Å²) in [6.07, 6.45) is 1.76. The molecule has 1 N–H and O–H groups in total. The van der Waals surface area contributed by atoms with Gasteiger partial charge in [-0.2, -0.15) is 5.26 Å². The summed E-state index contributed by atoms with van der Waals surface area (Å²) in [5.74, 6) is 0.533. The molecular weight excluding hydrogens is 304 g/mol. The third-order valence-corrected chi connectivity index (χ3v) is 3.35. The summed E-state index contributed by atoms with van der Waals surface area (Å²) in [5.41, 5.74) is 0.564. The van der Waals surface area contributed by atoms with Gasteiger partial charge in [0.2, 0.25) is 0 Å². The molecule has 0 saturated heterocycles. The summed E-state index contributed by atoms with van der Waals surface area (Å²) >= 11 is 1.24. The molecule has 0 aliphatic carbocycles. The molecule has 0 aliphatic rings. The van der Waals surface area contributed by atoms with Crippen molar-refractivity contribution in [3.8, 4) is 17.6 Å². The second kappa shape index (κ2) is 8.85. The molecule has 0 saturated carbocycles.